The maximum atomic E-state index is 14.4. The van der Waals surface area contributed by atoms with Crippen molar-refractivity contribution in [2.75, 3.05) is 5.32 Å². The van der Waals surface area contributed by atoms with E-state index in [4.69, 9.17) is 11.6 Å². The van der Waals surface area contributed by atoms with Crippen LogP contribution in [0.2, 0.25) is 5.02 Å². The molecule has 3 rings (SSSR count). The fourth-order valence-corrected chi connectivity index (χ4v) is 3.22. The van der Waals surface area contributed by atoms with E-state index in [1.54, 1.807) is 38.1 Å². The lowest BCUT2D eigenvalue weighted by atomic mass is 9.98. The topological polar surface area (TPSA) is 78.4 Å². The average molecular weight is 477 g/mol. The molecule has 33 heavy (non-hydrogen) atoms. The minimum Gasteiger partial charge on any atom is -0.386 e. The summed E-state index contributed by atoms with van der Waals surface area (Å²) in [6, 6.07) is 11.4. The van der Waals surface area contributed by atoms with Crippen LogP contribution in [0.15, 0.2) is 54.6 Å². The minimum absolute atomic E-state index is 0.136. The number of anilines is 1. The predicted octanol–water partition coefficient (Wildman–Crippen LogP) is 5.17. The van der Waals surface area contributed by atoms with Crippen LogP contribution in [0.25, 0.3) is 0 Å². The third-order valence-electron chi connectivity index (χ3n) is 4.83. The molecule has 0 aliphatic rings. The van der Waals surface area contributed by atoms with E-state index in [0.29, 0.717) is 11.3 Å². The van der Waals surface area contributed by atoms with E-state index in [-0.39, 0.29) is 22.7 Å². The van der Waals surface area contributed by atoms with E-state index >= 15 is 0 Å². The molecule has 172 valence electrons. The van der Waals surface area contributed by atoms with E-state index in [2.05, 4.69) is 10.6 Å². The quantitative estimate of drug-likeness (QED) is 0.459. The summed E-state index contributed by atoms with van der Waals surface area (Å²) in [6.07, 6.45) is 0. The van der Waals surface area contributed by atoms with Crippen LogP contribution < -0.4 is 10.6 Å². The Labute approximate surface area is 193 Å². The fraction of sp³-hybridized carbons (Fsp3) is 0.167. The van der Waals surface area contributed by atoms with Crippen molar-refractivity contribution in [1.82, 2.24) is 5.32 Å². The Balaban J connectivity index is 1.76. The Kier molecular flexibility index (Phi) is 7.09. The summed E-state index contributed by atoms with van der Waals surface area (Å²) in [4.78, 5) is 25.1. The fourth-order valence-electron chi connectivity index (χ4n) is 2.98. The highest BCUT2D eigenvalue weighted by molar-refractivity contribution is 6.34. The van der Waals surface area contributed by atoms with Crippen molar-refractivity contribution in [3.05, 3.63) is 99.3 Å². The van der Waals surface area contributed by atoms with Gasteiger partial charge in [0.1, 0.15) is 5.82 Å². The summed E-state index contributed by atoms with van der Waals surface area (Å²) in [6.45, 7) is 3.06. The maximum Gasteiger partial charge on any atom is 0.257 e. The van der Waals surface area contributed by atoms with Crippen molar-refractivity contribution >= 4 is 29.1 Å². The summed E-state index contributed by atoms with van der Waals surface area (Å²) in [5.41, 5.74) is -0.320. The number of benzene rings is 3. The number of nitrogens with one attached hydrogen (secondary N) is 2. The summed E-state index contributed by atoms with van der Waals surface area (Å²) < 4.78 is 40.7. The lowest BCUT2D eigenvalue weighted by Crippen LogP contribution is -2.25. The molecule has 0 spiro atoms. The summed E-state index contributed by atoms with van der Waals surface area (Å²) >= 11 is 6.01. The Bertz CT molecular complexity index is 1210. The molecule has 0 fully saturated rings. The third-order valence-corrected chi connectivity index (χ3v) is 5.14. The molecule has 0 aliphatic carbocycles. The zero-order valence-electron chi connectivity index (χ0n) is 17.7. The van der Waals surface area contributed by atoms with Crippen molar-refractivity contribution in [2.45, 2.75) is 26.0 Å². The molecule has 0 heterocycles. The highest BCUT2D eigenvalue weighted by Crippen LogP contribution is 2.24. The molecule has 2 amide bonds. The number of rotatable bonds is 6. The third kappa shape index (κ3) is 5.91. The van der Waals surface area contributed by atoms with Gasteiger partial charge >= 0.3 is 0 Å². The Morgan fingerprint density at radius 3 is 2.15 bits per heavy atom. The van der Waals surface area contributed by atoms with Crippen molar-refractivity contribution in [3.8, 4) is 0 Å². The van der Waals surface area contributed by atoms with Gasteiger partial charge in [-0.3, -0.25) is 9.59 Å². The van der Waals surface area contributed by atoms with Crippen molar-refractivity contribution < 1.29 is 27.9 Å². The Morgan fingerprint density at radius 2 is 1.55 bits per heavy atom. The highest BCUT2D eigenvalue weighted by atomic mass is 35.5. The molecule has 0 saturated heterocycles. The van der Waals surface area contributed by atoms with Crippen molar-refractivity contribution in [2.24, 2.45) is 0 Å². The molecule has 0 bridgehead atoms. The van der Waals surface area contributed by atoms with Crippen molar-refractivity contribution in [3.63, 3.8) is 0 Å². The smallest absolute Gasteiger partial charge is 0.257 e. The number of hydrogen-bond donors (Lipinski definition) is 3. The molecule has 5 nitrogen and oxygen atoms in total. The molecular weight excluding hydrogens is 457 g/mol. The van der Waals surface area contributed by atoms with Crippen LogP contribution in [-0.2, 0) is 12.1 Å². The zero-order valence-corrected chi connectivity index (χ0v) is 18.4. The summed E-state index contributed by atoms with van der Waals surface area (Å²) in [7, 11) is 0. The van der Waals surface area contributed by atoms with E-state index < -0.39 is 40.4 Å². The SMILES string of the molecule is CC(C)(O)c1ccc(NC(=O)c2cc(C(=O)NCc3ccc(F)c(F)c3)c(F)cc2Cl)cc1. The molecule has 3 aromatic carbocycles. The Hall–Kier alpha value is -3.36. The monoisotopic (exact) mass is 476 g/mol. The van der Waals surface area contributed by atoms with Crippen LogP contribution in [0.1, 0.15) is 45.7 Å². The van der Waals surface area contributed by atoms with Gasteiger partial charge in [0.2, 0.25) is 0 Å². The summed E-state index contributed by atoms with van der Waals surface area (Å²) in [5.74, 6) is -4.59. The molecule has 0 atom stereocenters. The number of halogens is 4. The van der Waals surface area contributed by atoms with Gasteiger partial charge in [0.15, 0.2) is 11.6 Å². The van der Waals surface area contributed by atoms with Crippen LogP contribution >= 0.6 is 11.6 Å². The number of carbonyl (C=O) groups is 2. The van der Waals surface area contributed by atoms with Gasteiger partial charge in [0, 0.05) is 12.2 Å². The van der Waals surface area contributed by atoms with Crippen LogP contribution in [0.3, 0.4) is 0 Å². The van der Waals surface area contributed by atoms with Crippen LogP contribution in [-0.4, -0.2) is 16.9 Å². The first-order valence-electron chi connectivity index (χ1n) is 9.81. The molecule has 0 saturated carbocycles. The first-order valence-corrected chi connectivity index (χ1v) is 10.2. The lowest BCUT2D eigenvalue weighted by Gasteiger charge is -2.18. The first-order chi connectivity index (χ1) is 15.5. The normalized spacial score (nSPS) is 11.2. The van der Waals surface area contributed by atoms with Gasteiger partial charge in [-0.25, -0.2) is 13.2 Å². The second-order valence-corrected chi connectivity index (χ2v) is 8.24. The number of carbonyl (C=O) groups excluding carboxylic acids is 2. The van der Waals surface area contributed by atoms with E-state index in [9.17, 15) is 27.9 Å². The number of hydrogen-bond acceptors (Lipinski definition) is 3. The second kappa shape index (κ2) is 9.64. The van der Waals surface area contributed by atoms with E-state index in [1.807, 2.05) is 0 Å². The Morgan fingerprint density at radius 1 is 0.879 bits per heavy atom. The molecule has 3 aromatic rings. The number of amides is 2. The van der Waals surface area contributed by atoms with Gasteiger partial charge in [-0.2, -0.15) is 0 Å². The van der Waals surface area contributed by atoms with Gasteiger partial charge in [-0.15, -0.1) is 0 Å². The maximum absolute atomic E-state index is 14.4. The van der Waals surface area contributed by atoms with Crippen LogP contribution in [0.5, 0.6) is 0 Å². The lowest BCUT2D eigenvalue weighted by molar-refractivity contribution is 0.0786. The average Bonchev–Trinajstić information content (AvgIpc) is 2.74. The molecule has 0 radical (unpaired) electrons. The van der Waals surface area contributed by atoms with Gasteiger partial charge in [0.05, 0.1) is 21.8 Å². The van der Waals surface area contributed by atoms with Crippen LogP contribution in [0, 0.1) is 17.5 Å². The van der Waals surface area contributed by atoms with Gasteiger partial charge in [-0.1, -0.05) is 29.8 Å². The molecule has 9 heteroatoms. The van der Waals surface area contributed by atoms with Gasteiger partial charge in [-0.05, 0) is 61.4 Å². The van der Waals surface area contributed by atoms with Gasteiger partial charge < -0.3 is 15.7 Å². The first kappa shape index (κ1) is 24.3. The molecule has 3 N–H and O–H groups in total. The van der Waals surface area contributed by atoms with Crippen LogP contribution in [0.4, 0.5) is 18.9 Å². The zero-order chi connectivity index (χ0) is 24.3. The standard InChI is InChI=1S/C24H20ClF3N2O3/c1-24(2,33)14-4-6-15(7-5-14)30-23(32)16-10-17(20(27)11-18(16)25)22(31)29-12-13-3-8-19(26)21(28)9-13/h3-11,33H,12H2,1-2H3,(H,29,31)(H,30,32). The highest BCUT2D eigenvalue weighted by Gasteiger charge is 2.20. The van der Waals surface area contributed by atoms with Crippen molar-refractivity contribution in [1.29, 1.82) is 0 Å². The largest absolute Gasteiger partial charge is 0.386 e. The minimum atomic E-state index is -1.08. The van der Waals surface area contributed by atoms with Gasteiger partial charge in [0.25, 0.3) is 11.8 Å². The molecular formula is C24H20ClF3N2O3. The predicted molar refractivity (Wildman–Crippen MR) is 119 cm³/mol. The molecule has 0 aromatic heterocycles. The molecule has 0 aliphatic heterocycles. The molecule has 0 unspecified atom stereocenters. The summed E-state index contributed by atoms with van der Waals surface area (Å²) in [5, 5.41) is 14.8. The van der Waals surface area contributed by atoms with E-state index in [1.165, 1.54) is 6.07 Å². The number of aliphatic hydroxyl groups is 1. The van der Waals surface area contributed by atoms with E-state index in [0.717, 1.165) is 24.3 Å². The second-order valence-electron chi connectivity index (χ2n) is 7.83.